The smallest absolute Gasteiger partial charge is 0.271 e. The van der Waals surface area contributed by atoms with E-state index in [0.29, 0.717) is 46.1 Å². The molecule has 27 heavy (non-hydrogen) atoms. The fourth-order valence-corrected chi connectivity index (χ4v) is 5.12. The summed E-state index contributed by atoms with van der Waals surface area (Å²) < 4.78 is 13.7. The van der Waals surface area contributed by atoms with E-state index in [1.54, 1.807) is 25.1 Å². The number of thiophene rings is 1. The minimum Gasteiger partial charge on any atom is -0.493 e. The van der Waals surface area contributed by atoms with Gasteiger partial charge in [-0.2, -0.15) is 0 Å². The SMILES string of the molecule is COc1ccc(CCn2cnc3c4c(sc3c2=O)SCC(=O)N4)cc1OC. The third-order valence-corrected chi connectivity index (χ3v) is 6.76. The number of aryl methyl sites for hydroxylation is 2. The maximum absolute atomic E-state index is 12.8. The van der Waals surface area contributed by atoms with Crippen LogP contribution < -0.4 is 20.3 Å². The van der Waals surface area contributed by atoms with Crippen molar-refractivity contribution >= 4 is 44.9 Å². The highest BCUT2D eigenvalue weighted by Gasteiger charge is 2.23. The number of hydrogen-bond donors (Lipinski definition) is 1. The van der Waals surface area contributed by atoms with Gasteiger partial charge >= 0.3 is 0 Å². The number of hydrogen-bond acceptors (Lipinski definition) is 7. The molecule has 0 saturated carbocycles. The van der Waals surface area contributed by atoms with E-state index >= 15 is 0 Å². The fraction of sp³-hybridized carbons (Fsp3) is 0.278. The molecular formula is C18H17N3O4S2. The Balaban J connectivity index is 1.61. The van der Waals surface area contributed by atoms with Crippen LogP contribution in [0.25, 0.3) is 10.2 Å². The van der Waals surface area contributed by atoms with Gasteiger partial charge in [-0.15, -0.1) is 23.1 Å². The summed E-state index contributed by atoms with van der Waals surface area (Å²) in [6, 6.07) is 5.71. The van der Waals surface area contributed by atoms with Crippen molar-refractivity contribution in [1.82, 2.24) is 9.55 Å². The first-order valence-corrected chi connectivity index (χ1v) is 10.1. The third kappa shape index (κ3) is 3.28. The standard InChI is InChI=1S/C18H17N3O4S2/c1-24-11-4-3-10(7-12(11)25-2)5-6-21-9-19-14-15-18(26-8-13(22)20-15)27-16(14)17(21)23/h3-4,7,9H,5-6,8H2,1-2H3,(H,20,22). The van der Waals surface area contributed by atoms with Gasteiger partial charge < -0.3 is 14.8 Å². The molecule has 2 aromatic heterocycles. The number of methoxy groups -OCH3 is 2. The average molecular weight is 403 g/mol. The first-order chi connectivity index (χ1) is 13.1. The highest BCUT2D eigenvalue weighted by atomic mass is 32.2. The topological polar surface area (TPSA) is 82.5 Å². The van der Waals surface area contributed by atoms with Gasteiger partial charge in [0.15, 0.2) is 11.5 Å². The van der Waals surface area contributed by atoms with Gasteiger partial charge in [0.25, 0.3) is 5.56 Å². The minimum atomic E-state index is -0.0882. The van der Waals surface area contributed by atoms with E-state index in [1.807, 2.05) is 18.2 Å². The van der Waals surface area contributed by atoms with Gasteiger partial charge in [0, 0.05) is 6.54 Å². The Hall–Kier alpha value is -2.52. The number of fused-ring (bicyclic) bond motifs is 3. The summed E-state index contributed by atoms with van der Waals surface area (Å²) in [6.45, 7) is 0.499. The number of benzene rings is 1. The Morgan fingerprint density at radius 2 is 2.04 bits per heavy atom. The van der Waals surface area contributed by atoms with Gasteiger partial charge in [0.2, 0.25) is 5.91 Å². The quantitative estimate of drug-likeness (QED) is 0.705. The number of carbonyl (C=O) groups is 1. The van der Waals surface area contributed by atoms with Crippen LogP contribution in [0, 0.1) is 0 Å². The number of ether oxygens (including phenoxy) is 2. The molecule has 0 radical (unpaired) electrons. The Kier molecular flexibility index (Phi) is 4.79. The second-order valence-electron chi connectivity index (χ2n) is 5.96. The zero-order chi connectivity index (χ0) is 19.0. The lowest BCUT2D eigenvalue weighted by molar-refractivity contribution is -0.113. The third-order valence-electron chi connectivity index (χ3n) is 4.32. The monoisotopic (exact) mass is 403 g/mol. The van der Waals surface area contributed by atoms with Crippen LogP contribution in [0.3, 0.4) is 0 Å². The second kappa shape index (κ2) is 7.24. The van der Waals surface area contributed by atoms with Crippen molar-refractivity contribution in [3.8, 4) is 11.5 Å². The molecule has 140 valence electrons. The number of nitrogens with one attached hydrogen (secondary N) is 1. The average Bonchev–Trinajstić information content (AvgIpc) is 3.06. The molecular weight excluding hydrogens is 386 g/mol. The summed E-state index contributed by atoms with van der Waals surface area (Å²) in [7, 11) is 3.19. The molecule has 9 heteroatoms. The summed E-state index contributed by atoms with van der Waals surface area (Å²) in [5.41, 5.74) is 2.19. The van der Waals surface area contributed by atoms with E-state index in [2.05, 4.69) is 10.3 Å². The Bertz CT molecular complexity index is 1090. The molecule has 0 saturated heterocycles. The molecule has 1 N–H and O–H groups in total. The number of nitrogens with zero attached hydrogens (tertiary/aromatic N) is 2. The summed E-state index contributed by atoms with van der Waals surface area (Å²) in [6.07, 6.45) is 2.20. The predicted molar refractivity (Wildman–Crippen MR) is 106 cm³/mol. The largest absolute Gasteiger partial charge is 0.493 e. The first-order valence-electron chi connectivity index (χ1n) is 8.26. The van der Waals surface area contributed by atoms with Crippen LogP contribution in [0.15, 0.2) is 33.5 Å². The van der Waals surface area contributed by atoms with Gasteiger partial charge in [-0.3, -0.25) is 14.2 Å². The van der Waals surface area contributed by atoms with E-state index < -0.39 is 0 Å². The maximum atomic E-state index is 12.8. The van der Waals surface area contributed by atoms with Gasteiger partial charge in [-0.05, 0) is 24.1 Å². The summed E-state index contributed by atoms with van der Waals surface area (Å²) in [5.74, 6) is 1.64. The van der Waals surface area contributed by atoms with Crippen molar-refractivity contribution in [3.63, 3.8) is 0 Å². The summed E-state index contributed by atoms with van der Waals surface area (Å²) in [5, 5.41) is 2.83. The van der Waals surface area contributed by atoms with Crippen molar-refractivity contribution in [3.05, 3.63) is 40.4 Å². The lowest BCUT2D eigenvalue weighted by Gasteiger charge is -2.11. The predicted octanol–water partition coefficient (Wildman–Crippen LogP) is 2.76. The second-order valence-corrected chi connectivity index (χ2v) is 8.23. The molecule has 1 aromatic carbocycles. The number of rotatable bonds is 5. The fourth-order valence-electron chi connectivity index (χ4n) is 2.94. The lowest BCUT2D eigenvalue weighted by Crippen LogP contribution is -2.21. The van der Waals surface area contributed by atoms with E-state index in [0.717, 1.165) is 9.77 Å². The highest BCUT2D eigenvalue weighted by Crippen LogP contribution is 2.42. The van der Waals surface area contributed by atoms with Crippen LogP contribution in [-0.4, -0.2) is 35.4 Å². The molecule has 0 unspecified atom stereocenters. The zero-order valence-corrected chi connectivity index (χ0v) is 16.4. The van der Waals surface area contributed by atoms with Crippen LogP contribution in [-0.2, 0) is 17.8 Å². The van der Waals surface area contributed by atoms with E-state index in [-0.39, 0.29) is 11.5 Å². The molecule has 1 aliphatic rings. The zero-order valence-electron chi connectivity index (χ0n) is 14.8. The van der Waals surface area contributed by atoms with Gasteiger partial charge in [-0.1, -0.05) is 6.07 Å². The molecule has 0 bridgehead atoms. The number of anilines is 1. The molecule has 0 spiro atoms. The van der Waals surface area contributed by atoms with Crippen LogP contribution in [0.1, 0.15) is 5.56 Å². The Morgan fingerprint density at radius 3 is 2.81 bits per heavy atom. The highest BCUT2D eigenvalue weighted by molar-refractivity contribution is 8.02. The molecule has 1 amide bonds. The van der Waals surface area contributed by atoms with Gasteiger partial charge in [-0.25, -0.2) is 4.98 Å². The summed E-state index contributed by atoms with van der Waals surface area (Å²) in [4.78, 5) is 28.9. The number of amides is 1. The molecule has 1 aliphatic heterocycles. The number of aromatic nitrogens is 2. The number of carbonyl (C=O) groups excluding carboxylic acids is 1. The van der Waals surface area contributed by atoms with Crippen molar-refractivity contribution in [2.45, 2.75) is 17.2 Å². The normalized spacial score (nSPS) is 13.3. The maximum Gasteiger partial charge on any atom is 0.271 e. The van der Waals surface area contributed by atoms with Crippen LogP contribution >= 0.6 is 23.1 Å². The van der Waals surface area contributed by atoms with E-state index in [1.165, 1.54) is 23.1 Å². The molecule has 0 fully saturated rings. The minimum absolute atomic E-state index is 0.0633. The molecule has 3 aromatic rings. The van der Waals surface area contributed by atoms with E-state index in [9.17, 15) is 9.59 Å². The van der Waals surface area contributed by atoms with Gasteiger partial charge in [0.05, 0.1) is 36.2 Å². The van der Waals surface area contributed by atoms with Crippen LogP contribution in [0.4, 0.5) is 5.69 Å². The number of thioether (sulfide) groups is 1. The van der Waals surface area contributed by atoms with Crippen molar-refractivity contribution in [1.29, 1.82) is 0 Å². The molecule has 0 atom stereocenters. The van der Waals surface area contributed by atoms with Crippen LogP contribution in [0.5, 0.6) is 11.5 Å². The van der Waals surface area contributed by atoms with Crippen molar-refractivity contribution < 1.29 is 14.3 Å². The lowest BCUT2D eigenvalue weighted by atomic mass is 10.1. The Labute approximate surface area is 163 Å². The first kappa shape index (κ1) is 17.9. The van der Waals surface area contributed by atoms with E-state index in [4.69, 9.17) is 9.47 Å². The van der Waals surface area contributed by atoms with Gasteiger partial charge in [0.1, 0.15) is 10.2 Å². The van der Waals surface area contributed by atoms with Crippen LogP contribution in [0.2, 0.25) is 0 Å². The molecule has 0 aliphatic carbocycles. The molecule has 3 heterocycles. The molecule has 7 nitrogen and oxygen atoms in total. The van der Waals surface area contributed by atoms with Crippen molar-refractivity contribution in [2.75, 3.05) is 25.3 Å². The Morgan fingerprint density at radius 1 is 1.22 bits per heavy atom. The van der Waals surface area contributed by atoms with Crippen molar-refractivity contribution in [2.24, 2.45) is 0 Å². The summed E-state index contributed by atoms with van der Waals surface area (Å²) >= 11 is 2.84. The molecule has 4 rings (SSSR count).